The quantitative estimate of drug-likeness (QED) is 0.113. The third-order valence-electron chi connectivity index (χ3n) is 7.05. The summed E-state index contributed by atoms with van der Waals surface area (Å²) < 4.78 is 0. The lowest BCUT2D eigenvalue weighted by Gasteiger charge is -2.07. The Labute approximate surface area is 217 Å². The van der Waals surface area contributed by atoms with Gasteiger partial charge in [0, 0.05) is 11.6 Å². The Morgan fingerprint density at radius 2 is 1.14 bits per heavy atom. The van der Waals surface area contributed by atoms with Crippen LogP contribution in [0.5, 0.6) is 0 Å². The molecule has 0 fully saturated rings. The highest BCUT2D eigenvalue weighted by molar-refractivity contribution is 5.88. The maximum atomic E-state index is 11.6. The van der Waals surface area contributed by atoms with Gasteiger partial charge in [0.05, 0.1) is 10.5 Å². The van der Waals surface area contributed by atoms with E-state index in [0.29, 0.717) is 6.42 Å². The van der Waals surface area contributed by atoms with Gasteiger partial charge in [0.1, 0.15) is 0 Å². The number of carboxylic acid groups (broad SMARTS) is 1. The average Bonchev–Trinajstić information content (AvgIpc) is 2.88. The van der Waals surface area contributed by atoms with E-state index < -0.39 is 5.97 Å². The summed E-state index contributed by atoms with van der Waals surface area (Å²) in [5.74, 6) is -0.985. The first kappa shape index (κ1) is 29.5. The number of carbonyl (C=O) groups is 1. The predicted octanol–water partition coefficient (Wildman–Crippen LogP) is 9.76. The van der Waals surface area contributed by atoms with Gasteiger partial charge in [-0.05, 0) is 36.1 Å². The topological polar surface area (TPSA) is 80.4 Å². The van der Waals surface area contributed by atoms with Gasteiger partial charge in [-0.25, -0.2) is 4.79 Å². The van der Waals surface area contributed by atoms with Crippen molar-refractivity contribution in [3.05, 3.63) is 63.7 Å². The molecule has 5 nitrogen and oxygen atoms in total. The monoisotopic (exact) mass is 495 g/mol. The number of aryl methyl sites for hydroxylation is 1. The van der Waals surface area contributed by atoms with Gasteiger partial charge >= 0.3 is 5.97 Å². The highest BCUT2D eigenvalue weighted by Gasteiger charge is 2.15. The van der Waals surface area contributed by atoms with Gasteiger partial charge in [0.25, 0.3) is 5.69 Å². The number of nitrogens with zero attached hydrogens (tertiary/aromatic N) is 1. The first-order valence-electron chi connectivity index (χ1n) is 14.1. The summed E-state index contributed by atoms with van der Waals surface area (Å²) in [5.41, 5.74) is 2.63. The lowest BCUT2D eigenvalue weighted by atomic mass is 9.98. The molecule has 198 valence electrons. The first-order chi connectivity index (χ1) is 17.5. The molecule has 0 aliphatic rings. The fourth-order valence-corrected chi connectivity index (χ4v) is 4.79. The molecule has 36 heavy (non-hydrogen) atoms. The van der Waals surface area contributed by atoms with Crippen molar-refractivity contribution in [2.45, 2.75) is 116 Å². The molecule has 0 aromatic heterocycles. The van der Waals surface area contributed by atoms with E-state index in [0.717, 1.165) is 29.5 Å². The molecule has 0 radical (unpaired) electrons. The van der Waals surface area contributed by atoms with E-state index in [9.17, 15) is 14.9 Å². The lowest BCUT2D eigenvalue weighted by molar-refractivity contribution is -0.385. The maximum absolute atomic E-state index is 11.6. The third-order valence-corrected chi connectivity index (χ3v) is 7.05. The number of nitro groups is 1. The average molecular weight is 496 g/mol. The molecule has 0 saturated heterocycles. The Bertz CT molecular complexity index is 907. The Kier molecular flexibility index (Phi) is 14.5. The summed E-state index contributed by atoms with van der Waals surface area (Å²) in [6.07, 6.45) is 21.7. The Morgan fingerprint density at radius 3 is 1.58 bits per heavy atom. The lowest BCUT2D eigenvalue weighted by Crippen LogP contribution is -1.97. The molecular weight excluding hydrogens is 450 g/mol. The standard InChI is InChI=1S/C31H45NO4/c1-2-3-4-5-6-7-8-9-10-11-12-13-14-15-16-17-18-27-21-24-29(25-30(27)32(35)36)26-19-22-28(23-20-26)31(33)34/h19-25H,2-18H2,1H3,(H,33,34). The molecule has 0 heterocycles. The zero-order valence-corrected chi connectivity index (χ0v) is 22.2. The second-order valence-corrected chi connectivity index (χ2v) is 10.0. The van der Waals surface area contributed by atoms with Crippen molar-refractivity contribution in [3.8, 4) is 11.1 Å². The second-order valence-electron chi connectivity index (χ2n) is 10.0. The molecule has 0 saturated carbocycles. The zero-order chi connectivity index (χ0) is 26.0. The van der Waals surface area contributed by atoms with Crippen LogP contribution in [0.4, 0.5) is 5.69 Å². The van der Waals surface area contributed by atoms with E-state index in [4.69, 9.17) is 5.11 Å². The predicted molar refractivity (Wildman–Crippen MR) is 149 cm³/mol. The number of carboxylic acids is 1. The van der Waals surface area contributed by atoms with Crippen LogP contribution < -0.4 is 0 Å². The molecule has 2 aromatic carbocycles. The third kappa shape index (κ3) is 11.4. The van der Waals surface area contributed by atoms with Gasteiger partial charge in [-0.2, -0.15) is 0 Å². The summed E-state index contributed by atoms with van der Waals surface area (Å²) in [4.78, 5) is 22.4. The smallest absolute Gasteiger partial charge is 0.335 e. The largest absolute Gasteiger partial charge is 0.478 e. The Hall–Kier alpha value is -2.69. The number of hydrogen-bond donors (Lipinski definition) is 1. The van der Waals surface area contributed by atoms with Gasteiger partial charge in [-0.3, -0.25) is 10.1 Å². The van der Waals surface area contributed by atoms with Crippen molar-refractivity contribution < 1.29 is 14.8 Å². The molecule has 2 aromatic rings. The van der Waals surface area contributed by atoms with Gasteiger partial charge in [0.15, 0.2) is 0 Å². The molecule has 0 unspecified atom stereocenters. The molecule has 0 aliphatic carbocycles. The summed E-state index contributed by atoms with van der Waals surface area (Å²) in [6, 6.07) is 11.8. The van der Waals surface area contributed by atoms with Crippen LogP contribution in [-0.2, 0) is 6.42 Å². The van der Waals surface area contributed by atoms with E-state index in [2.05, 4.69) is 6.92 Å². The molecule has 0 aliphatic heterocycles. The van der Waals surface area contributed by atoms with Crippen LogP contribution in [0.1, 0.15) is 126 Å². The molecule has 0 spiro atoms. The number of nitro benzene ring substituents is 1. The van der Waals surface area contributed by atoms with Gasteiger partial charge in [-0.15, -0.1) is 0 Å². The Morgan fingerprint density at radius 1 is 0.694 bits per heavy atom. The van der Waals surface area contributed by atoms with E-state index >= 15 is 0 Å². The van der Waals surface area contributed by atoms with Crippen molar-refractivity contribution >= 4 is 11.7 Å². The number of rotatable bonds is 20. The van der Waals surface area contributed by atoms with Gasteiger partial charge in [0.2, 0.25) is 0 Å². The molecule has 0 amide bonds. The van der Waals surface area contributed by atoms with Crippen molar-refractivity contribution in [2.24, 2.45) is 0 Å². The molecule has 0 atom stereocenters. The summed E-state index contributed by atoms with van der Waals surface area (Å²) >= 11 is 0. The van der Waals surface area contributed by atoms with Crippen LogP contribution in [0.3, 0.4) is 0 Å². The fourth-order valence-electron chi connectivity index (χ4n) is 4.79. The van der Waals surface area contributed by atoms with E-state index in [-0.39, 0.29) is 16.2 Å². The van der Waals surface area contributed by atoms with Crippen molar-refractivity contribution in [1.29, 1.82) is 0 Å². The Balaban J connectivity index is 1.60. The van der Waals surface area contributed by atoms with E-state index in [1.807, 2.05) is 12.1 Å². The minimum Gasteiger partial charge on any atom is -0.478 e. The molecule has 5 heteroatoms. The van der Waals surface area contributed by atoms with Crippen LogP contribution in [-0.4, -0.2) is 16.0 Å². The van der Waals surface area contributed by atoms with Gasteiger partial charge in [-0.1, -0.05) is 128 Å². The summed E-state index contributed by atoms with van der Waals surface area (Å²) in [6.45, 7) is 2.27. The second kappa shape index (κ2) is 17.7. The molecule has 1 N–H and O–H groups in total. The zero-order valence-electron chi connectivity index (χ0n) is 22.2. The van der Waals surface area contributed by atoms with Crippen LogP contribution >= 0.6 is 0 Å². The fraction of sp³-hybridized carbons (Fsp3) is 0.581. The van der Waals surface area contributed by atoms with Gasteiger partial charge < -0.3 is 5.11 Å². The van der Waals surface area contributed by atoms with Crippen molar-refractivity contribution in [3.63, 3.8) is 0 Å². The minimum atomic E-state index is -0.985. The molecule has 0 bridgehead atoms. The van der Waals surface area contributed by atoms with Crippen LogP contribution in [0.2, 0.25) is 0 Å². The van der Waals surface area contributed by atoms with Crippen LogP contribution in [0.25, 0.3) is 11.1 Å². The van der Waals surface area contributed by atoms with E-state index in [1.54, 1.807) is 18.2 Å². The molecular formula is C31H45NO4. The SMILES string of the molecule is CCCCCCCCCCCCCCCCCCc1ccc(-c2ccc(C(=O)O)cc2)cc1[N+](=O)[O-]. The molecule has 2 rings (SSSR count). The number of unbranched alkanes of at least 4 members (excludes halogenated alkanes) is 15. The van der Waals surface area contributed by atoms with Crippen molar-refractivity contribution in [1.82, 2.24) is 0 Å². The maximum Gasteiger partial charge on any atom is 0.335 e. The number of benzene rings is 2. The van der Waals surface area contributed by atoms with Crippen LogP contribution in [0, 0.1) is 10.1 Å². The highest BCUT2D eigenvalue weighted by atomic mass is 16.6. The van der Waals surface area contributed by atoms with Crippen LogP contribution in [0.15, 0.2) is 42.5 Å². The summed E-state index contributed by atoms with van der Waals surface area (Å²) in [5, 5.41) is 20.7. The summed E-state index contributed by atoms with van der Waals surface area (Å²) in [7, 11) is 0. The number of hydrogen-bond acceptors (Lipinski definition) is 3. The van der Waals surface area contributed by atoms with E-state index in [1.165, 1.54) is 102 Å². The first-order valence-corrected chi connectivity index (χ1v) is 14.1. The highest BCUT2D eigenvalue weighted by Crippen LogP contribution is 2.29. The minimum absolute atomic E-state index is 0.149. The van der Waals surface area contributed by atoms with Crippen molar-refractivity contribution in [2.75, 3.05) is 0 Å². The normalized spacial score (nSPS) is 11.0. The number of aromatic carboxylic acids is 1.